The molecule has 0 N–H and O–H groups in total. The van der Waals surface area contributed by atoms with E-state index < -0.39 is 0 Å². The molecular weight excluding hydrogens is 240 g/mol. The highest BCUT2D eigenvalue weighted by molar-refractivity contribution is 5.42. The summed E-state index contributed by atoms with van der Waals surface area (Å²) in [5, 5.41) is 0. The Kier molecular flexibility index (Phi) is 3.10. The van der Waals surface area contributed by atoms with Crippen molar-refractivity contribution in [2.24, 2.45) is 0 Å². The lowest BCUT2D eigenvalue weighted by molar-refractivity contribution is 0.570. The Balaban J connectivity index is 1.70. The van der Waals surface area contributed by atoms with E-state index in [0.717, 1.165) is 5.92 Å². The van der Waals surface area contributed by atoms with Crippen molar-refractivity contribution in [3.63, 3.8) is 0 Å². The van der Waals surface area contributed by atoms with Crippen molar-refractivity contribution in [2.45, 2.75) is 50.9 Å². The van der Waals surface area contributed by atoms with Crippen LogP contribution in [0.2, 0.25) is 0 Å². The van der Waals surface area contributed by atoms with Crippen LogP contribution in [0.25, 0.3) is 0 Å². The normalized spacial score (nSPS) is 21.1. The molecule has 102 valence electrons. The van der Waals surface area contributed by atoms with Gasteiger partial charge in [0.25, 0.3) is 0 Å². The van der Waals surface area contributed by atoms with Crippen molar-refractivity contribution in [2.75, 3.05) is 0 Å². The highest BCUT2D eigenvalue weighted by Crippen LogP contribution is 2.37. The molecule has 1 unspecified atom stereocenters. The van der Waals surface area contributed by atoms with Gasteiger partial charge in [0, 0.05) is 0 Å². The zero-order valence-electron chi connectivity index (χ0n) is 12.1. The van der Waals surface area contributed by atoms with Crippen LogP contribution >= 0.6 is 0 Å². The van der Waals surface area contributed by atoms with Crippen LogP contribution in [0.3, 0.4) is 0 Å². The summed E-state index contributed by atoms with van der Waals surface area (Å²) in [6.07, 6.45) is 9.19. The van der Waals surface area contributed by atoms with Gasteiger partial charge >= 0.3 is 0 Å². The maximum absolute atomic E-state index is 2.41. The van der Waals surface area contributed by atoms with Crippen molar-refractivity contribution in [1.29, 1.82) is 0 Å². The molecule has 0 bridgehead atoms. The van der Waals surface area contributed by atoms with Crippen LogP contribution in [0.15, 0.2) is 42.5 Å². The molecule has 0 amide bonds. The maximum Gasteiger partial charge on any atom is -0.0115 e. The lowest BCUT2D eigenvalue weighted by atomic mass is 9.76. The Bertz CT molecular complexity index is 624. The van der Waals surface area contributed by atoms with E-state index in [2.05, 4.69) is 42.5 Å². The molecule has 2 aromatic rings. The van der Waals surface area contributed by atoms with Gasteiger partial charge in [-0.2, -0.15) is 0 Å². The summed E-state index contributed by atoms with van der Waals surface area (Å²) < 4.78 is 0. The van der Waals surface area contributed by atoms with E-state index in [1.54, 1.807) is 27.8 Å². The standard InChI is InChI=1S/C20H22/c1-2-8-17-14-18(13-12-15(17)6-1)20-11-5-9-16-7-3-4-10-19(16)20/h1-2,5-6,8-9,11,18H,3-4,7,10,12-14H2. The zero-order chi connectivity index (χ0) is 13.4. The second-order valence-electron chi connectivity index (χ2n) is 6.40. The largest absolute Gasteiger partial charge is 0.0620 e. The van der Waals surface area contributed by atoms with E-state index in [0.29, 0.717) is 0 Å². The third-order valence-corrected chi connectivity index (χ3v) is 5.22. The summed E-state index contributed by atoms with van der Waals surface area (Å²) in [6, 6.07) is 16.1. The van der Waals surface area contributed by atoms with Gasteiger partial charge in [0.05, 0.1) is 0 Å². The van der Waals surface area contributed by atoms with Crippen LogP contribution in [-0.2, 0) is 25.7 Å². The van der Waals surface area contributed by atoms with Gasteiger partial charge in [-0.05, 0) is 78.7 Å². The van der Waals surface area contributed by atoms with Gasteiger partial charge in [-0.1, -0.05) is 42.5 Å². The smallest absolute Gasteiger partial charge is 0.0115 e. The number of hydrogen-bond donors (Lipinski definition) is 0. The van der Waals surface area contributed by atoms with Crippen molar-refractivity contribution in [3.8, 4) is 0 Å². The van der Waals surface area contributed by atoms with Crippen LogP contribution in [-0.4, -0.2) is 0 Å². The van der Waals surface area contributed by atoms with Crippen LogP contribution in [0.4, 0.5) is 0 Å². The Morgan fingerprint density at radius 1 is 0.700 bits per heavy atom. The fourth-order valence-corrected chi connectivity index (χ4v) is 4.16. The molecule has 0 aliphatic heterocycles. The van der Waals surface area contributed by atoms with Gasteiger partial charge in [-0.15, -0.1) is 0 Å². The van der Waals surface area contributed by atoms with Crippen LogP contribution in [0, 0.1) is 0 Å². The van der Waals surface area contributed by atoms with Crippen molar-refractivity contribution < 1.29 is 0 Å². The molecule has 0 aromatic heterocycles. The first kappa shape index (κ1) is 12.2. The molecule has 0 heteroatoms. The predicted molar refractivity (Wildman–Crippen MR) is 84.3 cm³/mol. The Labute approximate surface area is 121 Å². The first-order chi connectivity index (χ1) is 9.92. The molecular formula is C20H22. The van der Waals surface area contributed by atoms with Gasteiger partial charge < -0.3 is 0 Å². The Morgan fingerprint density at radius 2 is 1.50 bits per heavy atom. The number of benzene rings is 2. The summed E-state index contributed by atoms with van der Waals surface area (Å²) in [5.74, 6) is 0.748. The van der Waals surface area contributed by atoms with Crippen molar-refractivity contribution in [3.05, 3.63) is 70.3 Å². The molecule has 4 rings (SSSR count). The second-order valence-corrected chi connectivity index (χ2v) is 6.40. The minimum atomic E-state index is 0.748. The van der Waals surface area contributed by atoms with E-state index >= 15 is 0 Å². The molecule has 0 heterocycles. The van der Waals surface area contributed by atoms with Crippen LogP contribution < -0.4 is 0 Å². The quantitative estimate of drug-likeness (QED) is 0.690. The summed E-state index contributed by atoms with van der Waals surface area (Å²) >= 11 is 0. The highest BCUT2D eigenvalue weighted by atomic mass is 14.3. The first-order valence-corrected chi connectivity index (χ1v) is 8.09. The van der Waals surface area contributed by atoms with Gasteiger partial charge in [0.15, 0.2) is 0 Å². The summed E-state index contributed by atoms with van der Waals surface area (Å²) in [5.41, 5.74) is 8.15. The van der Waals surface area contributed by atoms with Gasteiger partial charge in [-0.25, -0.2) is 0 Å². The van der Waals surface area contributed by atoms with E-state index in [-0.39, 0.29) is 0 Å². The van der Waals surface area contributed by atoms with Crippen LogP contribution in [0.5, 0.6) is 0 Å². The zero-order valence-corrected chi connectivity index (χ0v) is 12.1. The molecule has 0 nitrogen and oxygen atoms in total. The van der Waals surface area contributed by atoms with Crippen molar-refractivity contribution in [1.82, 2.24) is 0 Å². The van der Waals surface area contributed by atoms with E-state index in [4.69, 9.17) is 0 Å². The van der Waals surface area contributed by atoms with Gasteiger partial charge in [0.2, 0.25) is 0 Å². The number of aryl methyl sites for hydroxylation is 2. The van der Waals surface area contributed by atoms with E-state index in [1.165, 1.54) is 44.9 Å². The Hall–Kier alpha value is -1.56. The van der Waals surface area contributed by atoms with Gasteiger partial charge in [-0.3, -0.25) is 0 Å². The lowest BCUT2D eigenvalue weighted by Crippen LogP contribution is -2.16. The molecule has 0 fully saturated rings. The lowest BCUT2D eigenvalue weighted by Gasteiger charge is -2.29. The highest BCUT2D eigenvalue weighted by Gasteiger charge is 2.23. The fraction of sp³-hybridized carbons (Fsp3) is 0.400. The first-order valence-electron chi connectivity index (χ1n) is 8.09. The second kappa shape index (κ2) is 5.09. The minimum Gasteiger partial charge on any atom is -0.0620 e. The monoisotopic (exact) mass is 262 g/mol. The summed E-state index contributed by atoms with van der Waals surface area (Å²) in [4.78, 5) is 0. The van der Waals surface area contributed by atoms with E-state index in [9.17, 15) is 0 Å². The molecule has 2 aliphatic carbocycles. The van der Waals surface area contributed by atoms with E-state index in [1.807, 2.05) is 0 Å². The molecule has 0 radical (unpaired) electrons. The Morgan fingerprint density at radius 3 is 2.45 bits per heavy atom. The van der Waals surface area contributed by atoms with Gasteiger partial charge in [0.1, 0.15) is 0 Å². The number of fused-ring (bicyclic) bond motifs is 2. The molecule has 20 heavy (non-hydrogen) atoms. The molecule has 1 atom stereocenters. The molecule has 0 saturated heterocycles. The predicted octanol–water partition coefficient (Wildman–Crippen LogP) is 4.84. The SMILES string of the molecule is c1ccc2c(c1)CCC(c1cccc3c1CCCC3)C2. The molecule has 0 spiro atoms. The fourth-order valence-electron chi connectivity index (χ4n) is 4.16. The number of hydrogen-bond acceptors (Lipinski definition) is 0. The molecule has 2 aliphatic rings. The third kappa shape index (κ3) is 2.08. The summed E-state index contributed by atoms with van der Waals surface area (Å²) in [6.45, 7) is 0. The number of rotatable bonds is 1. The summed E-state index contributed by atoms with van der Waals surface area (Å²) in [7, 11) is 0. The maximum atomic E-state index is 2.41. The average Bonchev–Trinajstić information content (AvgIpc) is 2.54. The van der Waals surface area contributed by atoms with Crippen molar-refractivity contribution >= 4 is 0 Å². The topological polar surface area (TPSA) is 0 Å². The average molecular weight is 262 g/mol. The van der Waals surface area contributed by atoms with Crippen LogP contribution in [0.1, 0.15) is 53.0 Å². The minimum absolute atomic E-state index is 0.748. The molecule has 0 saturated carbocycles. The third-order valence-electron chi connectivity index (χ3n) is 5.22. The molecule has 2 aromatic carbocycles.